The molecule has 1 aliphatic rings. The third-order valence-corrected chi connectivity index (χ3v) is 3.22. The van der Waals surface area contributed by atoms with Crippen LogP contribution in [0.5, 0.6) is 0 Å². The lowest BCUT2D eigenvalue weighted by Crippen LogP contribution is -2.32. The van der Waals surface area contributed by atoms with Gasteiger partial charge < -0.3 is 19.3 Å². The summed E-state index contributed by atoms with van der Waals surface area (Å²) in [5.74, 6) is 1.23. The van der Waals surface area contributed by atoms with E-state index in [-0.39, 0.29) is 6.10 Å². The van der Waals surface area contributed by atoms with Crippen LogP contribution in [0.3, 0.4) is 0 Å². The third kappa shape index (κ3) is 4.56. The number of piperidine rings is 1. The molecule has 2 heterocycles. The summed E-state index contributed by atoms with van der Waals surface area (Å²) in [4.78, 5) is 4.32. The molecule has 0 aromatic carbocycles. The number of nitrogens with one attached hydrogen (secondary N) is 1. The van der Waals surface area contributed by atoms with E-state index in [4.69, 9.17) is 14.0 Å². The summed E-state index contributed by atoms with van der Waals surface area (Å²) < 4.78 is 16.4. The Hall–Kier alpha value is -0.980. The minimum atomic E-state index is -0.118. The fourth-order valence-electron chi connectivity index (χ4n) is 2.13. The van der Waals surface area contributed by atoms with Crippen LogP contribution in [0.1, 0.15) is 44.5 Å². The van der Waals surface area contributed by atoms with Gasteiger partial charge in [0.15, 0.2) is 5.82 Å². The van der Waals surface area contributed by atoms with E-state index in [1.165, 1.54) is 0 Å². The van der Waals surface area contributed by atoms with Crippen LogP contribution in [-0.2, 0) is 15.9 Å². The summed E-state index contributed by atoms with van der Waals surface area (Å²) in [6.45, 7) is 7.23. The highest BCUT2D eigenvalue weighted by Crippen LogP contribution is 2.13. The number of rotatable bonds is 7. The van der Waals surface area contributed by atoms with Gasteiger partial charge in [0.1, 0.15) is 6.10 Å². The summed E-state index contributed by atoms with van der Waals surface area (Å²) >= 11 is 0. The standard InChI is InChI=1S/C13H23N3O3/c1-3-17-10(2)13-15-12(19-16-13)6-9-18-11-4-7-14-8-5-11/h10-11,14H,3-9H2,1-2H3. The molecular formula is C13H23N3O3. The van der Waals surface area contributed by atoms with Crippen molar-refractivity contribution in [3.05, 3.63) is 11.7 Å². The molecule has 0 spiro atoms. The van der Waals surface area contributed by atoms with Crippen molar-refractivity contribution in [3.63, 3.8) is 0 Å². The minimum Gasteiger partial charge on any atom is -0.378 e. The van der Waals surface area contributed by atoms with Gasteiger partial charge in [0, 0.05) is 6.61 Å². The summed E-state index contributed by atoms with van der Waals surface area (Å²) in [6, 6.07) is 0. The Morgan fingerprint density at radius 1 is 1.42 bits per heavy atom. The zero-order valence-electron chi connectivity index (χ0n) is 11.7. The molecular weight excluding hydrogens is 246 g/mol. The number of hydrogen-bond acceptors (Lipinski definition) is 6. The second-order valence-corrected chi connectivity index (χ2v) is 4.71. The molecule has 0 aliphatic carbocycles. The highest BCUT2D eigenvalue weighted by atomic mass is 16.5. The summed E-state index contributed by atoms with van der Waals surface area (Å²) in [5, 5.41) is 7.24. The van der Waals surface area contributed by atoms with E-state index >= 15 is 0 Å². The topological polar surface area (TPSA) is 69.4 Å². The second-order valence-electron chi connectivity index (χ2n) is 4.71. The van der Waals surface area contributed by atoms with Crippen LogP contribution in [-0.4, -0.2) is 42.5 Å². The van der Waals surface area contributed by atoms with Gasteiger partial charge in [-0.3, -0.25) is 0 Å². The van der Waals surface area contributed by atoms with Gasteiger partial charge in [-0.15, -0.1) is 0 Å². The zero-order chi connectivity index (χ0) is 13.5. The lowest BCUT2D eigenvalue weighted by atomic mass is 10.1. The van der Waals surface area contributed by atoms with Gasteiger partial charge in [-0.2, -0.15) is 4.98 Å². The van der Waals surface area contributed by atoms with E-state index in [2.05, 4.69) is 15.5 Å². The molecule has 0 amide bonds. The van der Waals surface area contributed by atoms with Gasteiger partial charge in [-0.05, 0) is 39.8 Å². The van der Waals surface area contributed by atoms with Crippen molar-refractivity contribution in [3.8, 4) is 0 Å². The molecule has 1 aromatic rings. The van der Waals surface area contributed by atoms with Crippen LogP contribution in [0.2, 0.25) is 0 Å². The van der Waals surface area contributed by atoms with Crippen molar-refractivity contribution >= 4 is 0 Å². The van der Waals surface area contributed by atoms with Gasteiger partial charge in [-0.25, -0.2) is 0 Å². The summed E-state index contributed by atoms with van der Waals surface area (Å²) in [5.41, 5.74) is 0. The van der Waals surface area contributed by atoms with Crippen molar-refractivity contribution in [2.24, 2.45) is 0 Å². The molecule has 1 saturated heterocycles. The van der Waals surface area contributed by atoms with Gasteiger partial charge in [0.2, 0.25) is 5.89 Å². The molecule has 108 valence electrons. The Bertz CT molecular complexity index is 364. The van der Waals surface area contributed by atoms with Gasteiger partial charge in [0.25, 0.3) is 0 Å². The number of nitrogens with zero attached hydrogens (tertiary/aromatic N) is 2. The van der Waals surface area contributed by atoms with Crippen LogP contribution in [0.25, 0.3) is 0 Å². The molecule has 1 unspecified atom stereocenters. The van der Waals surface area contributed by atoms with Gasteiger partial charge in [-0.1, -0.05) is 5.16 Å². The van der Waals surface area contributed by atoms with Crippen molar-refractivity contribution in [1.82, 2.24) is 15.5 Å². The highest BCUT2D eigenvalue weighted by molar-refractivity contribution is 4.90. The van der Waals surface area contributed by atoms with Crippen molar-refractivity contribution in [2.75, 3.05) is 26.3 Å². The highest BCUT2D eigenvalue weighted by Gasteiger charge is 2.15. The Morgan fingerprint density at radius 3 is 2.95 bits per heavy atom. The summed E-state index contributed by atoms with van der Waals surface area (Å²) in [7, 11) is 0. The number of hydrogen-bond donors (Lipinski definition) is 1. The normalized spacial score (nSPS) is 18.6. The van der Waals surface area contributed by atoms with E-state index in [0.29, 0.717) is 37.5 Å². The predicted octanol–water partition coefficient (Wildman–Crippen LogP) is 1.48. The SMILES string of the molecule is CCOC(C)c1noc(CCOC2CCNCC2)n1. The average molecular weight is 269 g/mol. The first-order valence-corrected chi connectivity index (χ1v) is 7.06. The zero-order valence-corrected chi connectivity index (χ0v) is 11.7. The number of aromatic nitrogens is 2. The maximum Gasteiger partial charge on any atom is 0.229 e. The van der Waals surface area contributed by atoms with Crippen LogP contribution in [0.15, 0.2) is 4.52 Å². The maximum absolute atomic E-state index is 5.81. The fourth-order valence-corrected chi connectivity index (χ4v) is 2.13. The van der Waals surface area contributed by atoms with Crippen molar-refractivity contribution in [1.29, 1.82) is 0 Å². The predicted molar refractivity (Wildman–Crippen MR) is 69.9 cm³/mol. The van der Waals surface area contributed by atoms with E-state index in [1.54, 1.807) is 0 Å². The first-order valence-electron chi connectivity index (χ1n) is 7.06. The maximum atomic E-state index is 5.81. The Kier molecular flexibility index (Phi) is 5.75. The van der Waals surface area contributed by atoms with Gasteiger partial charge in [0.05, 0.1) is 19.1 Å². The minimum absolute atomic E-state index is 0.118. The largest absolute Gasteiger partial charge is 0.378 e. The smallest absolute Gasteiger partial charge is 0.229 e. The lowest BCUT2D eigenvalue weighted by Gasteiger charge is -2.22. The van der Waals surface area contributed by atoms with E-state index in [9.17, 15) is 0 Å². The molecule has 19 heavy (non-hydrogen) atoms. The molecule has 1 aliphatic heterocycles. The summed E-state index contributed by atoms with van der Waals surface area (Å²) in [6.07, 6.45) is 3.07. The Morgan fingerprint density at radius 2 is 2.21 bits per heavy atom. The van der Waals surface area contributed by atoms with E-state index in [0.717, 1.165) is 25.9 Å². The molecule has 6 nitrogen and oxygen atoms in total. The van der Waals surface area contributed by atoms with Crippen molar-refractivity contribution in [2.45, 2.75) is 45.3 Å². The van der Waals surface area contributed by atoms with Crippen LogP contribution < -0.4 is 5.32 Å². The molecule has 6 heteroatoms. The average Bonchev–Trinajstić information content (AvgIpc) is 2.89. The van der Waals surface area contributed by atoms with E-state index < -0.39 is 0 Å². The Balaban J connectivity index is 1.70. The molecule has 1 aromatic heterocycles. The molecule has 1 fully saturated rings. The number of ether oxygens (including phenoxy) is 2. The first-order chi connectivity index (χ1) is 9.29. The van der Waals surface area contributed by atoms with Gasteiger partial charge >= 0.3 is 0 Å². The molecule has 0 saturated carbocycles. The molecule has 0 bridgehead atoms. The lowest BCUT2D eigenvalue weighted by molar-refractivity contribution is 0.0322. The third-order valence-electron chi connectivity index (χ3n) is 3.22. The molecule has 2 rings (SSSR count). The monoisotopic (exact) mass is 269 g/mol. The second kappa shape index (κ2) is 7.57. The van der Waals surface area contributed by atoms with E-state index in [1.807, 2.05) is 13.8 Å². The quantitative estimate of drug-likeness (QED) is 0.808. The van der Waals surface area contributed by atoms with Crippen molar-refractivity contribution < 1.29 is 14.0 Å². The van der Waals surface area contributed by atoms with Crippen LogP contribution in [0.4, 0.5) is 0 Å². The van der Waals surface area contributed by atoms with Crippen LogP contribution >= 0.6 is 0 Å². The van der Waals surface area contributed by atoms with Crippen LogP contribution in [0, 0.1) is 0 Å². The molecule has 1 N–H and O–H groups in total. The fraction of sp³-hybridized carbons (Fsp3) is 0.846. The Labute approximate surface area is 113 Å². The molecule has 0 radical (unpaired) electrons. The first kappa shape index (κ1) is 14.4. The molecule has 1 atom stereocenters.